The minimum Gasteiger partial charge on any atom is -0.348 e. The molecule has 3 aliphatic rings. The molecule has 164 valence electrons. The predicted molar refractivity (Wildman–Crippen MR) is 129 cm³/mol. The fourth-order valence-corrected chi connectivity index (χ4v) is 6.67. The van der Waals surface area contributed by atoms with Crippen LogP contribution < -0.4 is 0 Å². The molecule has 0 radical (unpaired) electrons. The van der Waals surface area contributed by atoms with Crippen molar-refractivity contribution in [3.63, 3.8) is 0 Å². The van der Waals surface area contributed by atoms with E-state index in [2.05, 4.69) is 12.1 Å². The third kappa shape index (κ3) is 2.16. The average molecular weight is 443 g/mol. The summed E-state index contributed by atoms with van der Waals surface area (Å²) in [6.45, 7) is 1.95. The van der Waals surface area contributed by atoms with Crippen molar-refractivity contribution in [2.24, 2.45) is 11.8 Å². The van der Waals surface area contributed by atoms with Crippen LogP contribution in [0.25, 0.3) is 0 Å². The number of benzene rings is 4. The Morgan fingerprint density at radius 2 is 1.06 bits per heavy atom. The number of carbonyl (C=O) groups is 2. The van der Waals surface area contributed by atoms with Crippen LogP contribution in [0.15, 0.2) is 103 Å². The fraction of sp³-hybridized carbons (Fsp3) is 0.161. The van der Waals surface area contributed by atoms with Gasteiger partial charge in [-0.05, 0) is 35.2 Å². The molecular weight excluding hydrogens is 420 g/mol. The number of carbonyl (C=O) groups excluding carboxylic acids is 2. The monoisotopic (exact) mass is 442 g/mol. The van der Waals surface area contributed by atoms with Gasteiger partial charge in [-0.15, -0.1) is 0 Å². The third-order valence-electron chi connectivity index (χ3n) is 7.93. The number of rotatable bonds is 2. The molecule has 4 aromatic carbocycles. The molecule has 0 N–H and O–H groups in total. The van der Waals surface area contributed by atoms with Gasteiger partial charge in [-0.2, -0.15) is 0 Å². The molecule has 7 rings (SSSR count). The lowest BCUT2D eigenvalue weighted by molar-refractivity contribution is -0.0530. The second kappa shape index (κ2) is 6.62. The first-order chi connectivity index (χ1) is 16.6. The highest BCUT2D eigenvalue weighted by Gasteiger charge is 2.75. The lowest BCUT2D eigenvalue weighted by Gasteiger charge is -2.42. The summed E-state index contributed by atoms with van der Waals surface area (Å²) >= 11 is 0. The molecule has 3 heteroatoms. The Kier molecular flexibility index (Phi) is 3.82. The first-order valence-electron chi connectivity index (χ1n) is 11.7. The lowest BCUT2D eigenvalue weighted by Crippen LogP contribution is -2.50. The standard InChI is InChI=1S/C31H22O3/c1-19-16-17-22-23(18-19)29(33)27-26(28(22)32)30(20-10-4-2-5-11-20)24-14-8-9-15-25(24)31(27,34-30)21-12-6-3-7-13-21/h2-18,26-27H,1H3. The Hall–Kier alpha value is -3.82. The van der Waals surface area contributed by atoms with E-state index < -0.39 is 23.0 Å². The number of hydrogen-bond acceptors (Lipinski definition) is 3. The van der Waals surface area contributed by atoms with E-state index in [0.717, 1.165) is 27.8 Å². The van der Waals surface area contributed by atoms with Crippen molar-refractivity contribution in [1.29, 1.82) is 0 Å². The summed E-state index contributed by atoms with van der Waals surface area (Å²) in [5, 5.41) is 0. The predicted octanol–water partition coefficient (Wildman–Crippen LogP) is 5.84. The van der Waals surface area contributed by atoms with Crippen LogP contribution in [0.4, 0.5) is 0 Å². The van der Waals surface area contributed by atoms with Crippen molar-refractivity contribution in [2.75, 3.05) is 0 Å². The first-order valence-corrected chi connectivity index (χ1v) is 11.7. The lowest BCUT2D eigenvalue weighted by atomic mass is 9.55. The molecule has 2 bridgehead atoms. The van der Waals surface area contributed by atoms with Crippen molar-refractivity contribution in [3.05, 3.63) is 142 Å². The first kappa shape index (κ1) is 19.6. The van der Waals surface area contributed by atoms with E-state index in [1.54, 1.807) is 0 Å². The van der Waals surface area contributed by atoms with Gasteiger partial charge >= 0.3 is 0 Å². The van der Waals surface area contributed by atoms with E-state index in [4.69, 9.17) is 4.74 Å². The summed E-state index contributed by atoms with van der Waals surface area (Å²) in [5.41, 5.74) is 3.68. The number of Topliss-reactive ketones (excluding diaryl/α,β-unsaturated/α-hetero) is 2. The second-order valence-corrected chi connectivity index (χ2v) is 9.58. The van der Waals surface area contributed by atoms with Crippen molar-refractivity contribution < 1.29 is 14.3 Å². The maximum Gasteiger partial charge on any atom is 0.171 e. The average Bonchev–Trinajstić information content (AvgIpc) is 3.38. The zero-order chi connectivity index (χ0) is 23.1. The Balaban J connectivity index is 1.62. The van der Waals surface area contributed by atoms with Crippen LogP contribution in [0.1, 0.15) is 48.5 Å². The summed E-state index contributed by atoms with van der Waals surface area (Å²) < 4.78 is 7.20. The summed E-state index contributed by atoms with van der Waals surface area (Å²) in [6, 6.07) is 33.6. The Labute approximate surface area is 198 Å². The van der Waals surface area contributed by atoms with Gasteiger partial charge in [0.05, 0.1) is 11.8 Å². The molecule has 0 spiro atoms. The highest BCUT2D eigenvalue weighted by Crippen LogP contribution is 2.70. The molecule has 34 heavy (non-hydrogen) atoms. The highest BCUT2D eigenvalue weighted by molar-refractivity contribution is 6.18. The van der Waals surface area contributed by atoms with Gasteiger partial charge in [0.1, 0.15) is 11.2 Å². The largest absolute Gasteiger partial charge is 0.348 e. The van der Waals surface area contributed by atoms with Crippen molar-refractivity contribution in [2.45, 2.75) is 18.1 Å². The molecule has 4 aromatic rings. The minimum atomic E-state index is -1.04. The van der Waals surface area contributed by atoms with E-state index in [1.807, 2.05) is 97.9 Å². The quantitative estimate of drug-likeness (QED) is 0.392. The molecule has 1 aliphatic carbocycles. The second-order valence-electron chi connectivity index (χ2n) is 9.58. The Morgan fingerprint density at radius 1 is 0.588 bits per heavy atom. The van der Waals surface area contributed by atoms with Crippen LogP contribution in [0.5, 0.6) is 0 Å². The van der Waals surface area contributed by atoms with Crippen LogP contribution in [-0.2, 0) is 15.9 Å². The van der Waals surface area contributed by atoms with Gasteiger partial charge in [-0.1, -0.05) is 103 Å². The molecule has 1 fully saturated rings. The molecule has 1 saturated heterocycles. The minimum absolute atomic E-state index is 0.0144. The maximum atomic E-state index is 14.3. The number of aryl methyl sites for hydroxylation is 1. The van der Waals surface area contributed by atoms with Gasteiger partial charge in [0.15, 0.2) is 11.6 Å². The number of hydrogen-bond donors (Lipinski definition) is 0. The molecular formula is C31H22O3. The van der Waals surface area contributed by atoms with Crippen LogP contribution in [0, 0.1) is 18.8 Å². The van der Waals surface area contributed by atoms with Crippen LogP contribution in [-0.4, -0.2) is 11.6 Å². The molecule has 4 unspecified atom stereocenters. The van der Waals surface area contributed by atoms with Crippen molar-refractivity contribution in [1.82, 2.24) is 0 Å². The Morgan fingerprint density at radius 3 is 1.59 bits per heavy atom. The molecule has 2 aliphatic heterocycles. The van der Waals surface area contributed by atoms with Gasteiger partial charge < -0.3 is 4.74 Å². The van der Waals surface area contributed by atoms with Gasteiger partial charge in [0.2, 0.25) is 0 Å². The van der Waals surface area contributed by atoms with Crippen molar-refractivity contribution in [3.8, 4) is 0 Å². The Bertz CT molecular complexity index is 1490. The van der Waals surface area contributed by atoms with E-state index in [1.165, 1.54) is 0 Å². The van der Waals surface area contributed by atoms with Gasteiger partial charge in [-0.3, -0.25) is 9.59 Å². The number of ether oxygens (including phenoxy) is 1. The molecule has 3 nitrogen and oxygen atoms in total. The number of fused-ring (bicyclic) bond motifs is 9. The van der Waals surface area contributed by atoms with E-state index >= 15 is 0 Å². The summed E-state index contributed by atoms with van der Waals surface area (Å²) in [4.78, 5) is 28.6. The van der Waals surface area contributed by atoms with E-state index in [9.17, 15) is 9.59 Å². The van der Waals surface area contributed by atoms with Crippen LogP contribution >= 0.6 is 0 Å². The zero-order valence-corrected chi connectivity index (χ0v) is 18.7. The van der Waals surface area contributed by atoms with E-state index in [0.29, 0.717) is 11.1 Å². The van der Waals surface area contributed by atoms with Crippen LogP contribution in [0.3, 0.4) is 0 Å². The highest BCUT2D eigenvalue weighted by atomic mass is 16.5. The SMILES string of the molecule is Cc1ccc2c(c1)C(=O)C1C(C2=O)C2(c3ccccc3)OC1(c1ccccc1)c1ccccc12. The molecule has 2 heterocycles. The summed E-state index contributed by atoms with van der Waals surface area (Å²) in [5.74, 6) is -1.32. The number of ketones is 2. The van der Waals surface area contributed by atoms with E-state index in [-0.39, 0.29) is 11.6 Å². The van der Waals surface area contributed by atoms with Gasteiger partial charge in [-0.25, -0.2) is 0 Å². The maximum absolute atomic E-state index is 14.3. The summed E-state index contributed by atoms with van der Waals surface area (Å²) in [6.07, 6.45) is 0. The zero-order valence-electron chi connectivity index (χ0n) is 18.7. The topological polar surface area (TPSA) is 43.4 Å². The third-order valence-corrected chi connectivity index (χ3v) is 7.93. The van der Waals surface area contributed by atoms with Crippen molar-refractivity contribution >= 4 is 11.6 Å². The molecule has 0 saturated carbocycles. The van der Waals surface area contributed by atoms with Gasteiger partial charge in [0, 0.05) is 11.1 Å². The molecule has 0 aromatic heterocycles. The fourth-order valence-electron chi connectivity index (χ4n) is 6.67. The normalized spacial score (nSPS) is 28.4. The smallest absolute Gasteiger partial charge is 0.171 e. The molecule has 4 atom stereocenters. The van der Waals surface area contributed by atoms with Gasteiger partial charge in [0.25, 0.3) is 0 Å². The molecule has 0 amide bonds. The summed E-state index contributed by atoms with van der Waals surface area (Å²) in [7, 11) is 0. The van der Waals surface area contributed by atoms with Crippen LogP contribution in [0.2, 0.25) is 0 Å².